The van der Waals surface area contributed by atoms with Gasteiger partial charge in [0, 0.05) is 22.8 Å². The van der Waals surface area contributed by atoms with E-state index in [1.807, 2.05) is 32.9 Å². The van der Waals surface area contributed by atoms with Crippen molar-refractivity contribution >= 4 is 17.5 Å². The van der Waals surface area contributed by atoms with Crippen LogP contribution in [0.2, 0.25) is 0 Å². The maximum Gasteiger partial charge on any atom is 0.339 e. The molecule has 3 aliphatic carbocycles. The van der Waals surface area contributed by atoms with Crippen molar-refractivity contribution in [1.29, 1.82) is 0 Å². The summed E-state index contributed by atoms with van der Waals surface area (Å²) in [4.78, 5) is 39.8. The van der Waals surface area contributed by atoms with E-state index in [1.165, 1.54) is 0 Å². The fourth-order valence-corrected chi connectivity index (χ4v) is 8.56. The summed E-state index contributed by atoms with van der Waals surface area (Å²) in [5.74, 6) is -0.312. The summed E-state index contributed by atoms with van der Waals surface area (Å²) in [5.41, 5.74) is -2.45. The van der Waals surface area contributed by atoms with Gasteiger partial charge in [0.05, 0.1) is 17.9 Å². The number of epoxide rings is 1. The molecule has 2 saturated heterocycles. The number of fused-ring (bicyclic) bond motifs is 3. The average molecular weight is 439 g/mol. The highest BCUT2D eigenvalue weighted by Gasteiger charge is 2.88. The van der Waals surface area contributed by atoms with Crippen molar-refractivity contribution in [2.24, 2.45) is 33.5 Å². The lowest BCUT2D eigenvalue weighted by Crippen LogP contribution is -2.71. The molecule has 1 aromatic rings. The molecule has 170 valence electrons. The molecular formula is C26H30O6. The van der Waals surface area contributed by atoms with Crippen molar-refractivity contribution in [3.63, 3.8) is 0 Å². The van der Waals surface area contributed by atoms with Gasteiger partial charge < -0.3 is 13.9 Å². The standard InChI is InChI=1S/C26H30O6/c1-22(2)16-12-18(28)25(5)15(23(16,3)9-7-17(22)27)6-10-24(4)19(14-8-11-30-13-14)31-21(29)20-26(24,25)32-20/h7-9,11,13,15-16,19-20H,6,10,12H2,1-5H3/t15-,16-,19+,20-,23+,24+,25+,26+/m1/s1. The van der Waals surface area contributed by atoms with Gasteiger partial charge >= 0.3 is 5.97 Å². The molecule has 6 nitrogen and oxygen atoms in total. The Morgan fingerprint density at radius 3 is 2.44 bits per heavy atom. The van der Waals surface area contributed by atoms with Gasteiger partial charge in [-0.1, -0.05) is 33.8 Å². The summed E-state index contributed by atoms with van der Waals surface area (Å²) in [5, 5.41) is 0. The minimum Gasteiger partial charge on any atom is -0.472 e. The summed E-state index contributed by atoms with van der Waals surface area (Å²) >= 11 is 0. The van der Waals surface area contributed by atoms with Crippen LogP contribution in [0.15, 0.2) is 35.2 Å². The summed E-state index contributed by atoms with van der Waals surface area (Å²) in [6.07, 6.45) is 7.57. The van der Waals surface area contributed by atoms with Gasteiger partial charge in [-0.15, -0.1) is 0 Å². The molecule has 0 unspecified atom stereocenters. The molecule has 3 heterocycles. The first-order valence-corrected chi connectivity index (χ1v) is 11.6. The lowest BCUT2D eigenvalue weighted by Gasteiger charge is -2.66. The van der Waals surface area contributed by atoms with E-state index >= 15 is 0 Å². The largest absolute Gasteiger partial charge is 0.472 e. The van der Waals surface area contributed by atoms with Gasteiger partial charge in [0.2, 0.25) is 0 Å². The number of carbonyl (C=O) groups is 3. The van der Waals surface area contributed by atoms with Crippen LogP contribution < -0.4 is 0 Å². The van der Waals surface area contributed by atoms with E-state index in [2.05, 4.69) is 13.8 Å². The molecule has 6 heteroatoms. The van der Waals surface area contributed by atoms with E-state index < -0.39 is 40.0 Å². The van der Waals surface area contributed by atoms with Crippen molar-refractivity contribution in [1.82, 2.24) is 0 Å². The predicted octanol–water partition coefficient (Wildman–Crippen LogP) is 4.20. The molecule has 6 rings (SSSR count). The Balaban J connectivity index is 1.53. The Morgan fingerprint density at radius 1 is 1.00 bits per heavy atom. The van der Waals surface area contributed by atoms with Crippen molar-refractivity contribution < 1.29 is 28.3 Å². The fraction of sp³-hybridized carbons (Fsp3) is 0.654. The lowest BCUT2D eigenvalue weighted by molar-refractivity contribution is -0.210. The third kappa shape index (κ3) is 1.92. The summed E-state index contributed by atoms with van der Waals surface area (Å²) < 4.78 is 17.5. The molecule has 4 fully saturated rings. The number of hydrogen-bond donors (Lipinski definition) is 0. The normalized spacial score (nSPS) is 50.6. The van der Waals surface area contributed by atoms with E-state index in [-0.39, 0.29) is 28.8 Å². The first-order chi connectivity index (χ1) is 14.9. The second-order valence-electron chi connectivity index (χ2n) is 11.8. The summed E-state index contributed by atoms with van der Waals surface area (Å²) in [6.45, 7) is 10.2. The average Bonchev–Trinajstić information content (AvgIpc) is 3.30. The maximum absolute atomic E-state index is 14.1. The van der Waals surface area contributed by atoms with Crippen molar-refractivity contribution in [3.8, 4) is 0 Å². The molecular weight excluding hydrogens is 408 g/mol. The number of esters is 1. The molecule has 1 spiro atoms. The third-order valence-corrected chi connectivity index (χ3v) is 10.3. The number of ether oxygens (including phenoxy) is 2. The Kier molecular flexibility index (Phi) is 3.60. The van der Waals surface area contributed by atoms with Crippen LogP contribution in [0.4, 0.5) is 0 Å². The van der Waals surface area contributed by atoms with E-state index in [0.717, 1.165) is 18.4 Å². The van der Waals surface area contributed by atoms with Crippen LogP contribution in [0.5, 0.6) is 0 Å². The molecule has 32 heavy (non-hydrogen) atoms. The molecule has 2 saturated carbocycles. The van der Waals surface area contributed by atoms with Gasteiger partial charge in [0.25, 0.3) is 0 Å². The quantitative estimate of drug-likeness (QED) is 0.483. The van der Waals surface area contributed by atoms with Gasteiger partial charge in [-0.25, -0.2) is 4.79 Å². The summed E-state index contributed by atoms with van der Waals surface area (Å²) in [6, 6.07) is 1.83. The van der Waals surface area contributed by atoms with Crippen LogP contribution >= 0.6 is 0 Å². The maximum atomic E-state index is 14.1. The second kappa shape index (κ2) is 5.64. The highest BCUT2D eigenvalue weighted by molar-refractivity contribution is 5.98. The van der Waals surface area contributed by atoms with Gasteiger partial charge in [0.15, 0.2) is 11.9 Å². The first-order valence-electron chi connectivity index (χ1n) is 11.6. The highest BCUT2D eigenvalue weighted by atomic mass is 16.7. The van der Waals surface area contributed by atoms with Gasteiger partial charge in [-0.3, -0.25) is 9.59 Å². The van der Waals surface area contributed by atoms with Crippen molar-refractivity contribution in [2.75, 3.05) is 0 Å². The Hall–Kier alpha value is -2.21. The highest BCUT2D eigenvalue weighted by Crippen LogP contribution is 2.78. The molecule has 0 radical (unpaired) electrons. The lowest BCUT2D eigenvalue weighted by atomic mass is 9.36. The molecule has 0 aromatic carbocycles. The smallest absolute Gasteiger partial charge is 0.339 e. The zero-order valence-electron chi connectivity index (χ0n) is 19.3. The van der Waals surface area contributed by atoms with Crippen LogP contribution in [0.1, 0.15) is 65.5 Å². The minimum atomic E-state index is -0.912. The zero-order valence-corrected chi connectivity index (χ0v) is 19.3. The minimum absolute atomic E-state index is 0.0288. The van der Waals surface area contributed by atoms with E-state index in [1.54, 1.807) is 18.6 Å². The number of Topliss-reactive ketones (excluding diaryl/α,β-unsaturated/α-hetero) is 1. The number of carbonyl (C=O) groups excluding carboxylic acids is 3. The molecule has 2 aliphatic heterocycles. The zero-order chi connectivity index (χ0) is 22.9. The van der Waals surface area contributed by atoms with Crippen molar-refractivity contribution in [3.05, 3.63) is 36.3 Å². The van der Waals surface area contributed by atoms with Crippen LogP contribution in [0, 0.1) is 33.5 Å². The van der Waals surface area contributed by atoms with Gasteiger partial charge in [-0.2, -0.15) is 0 Å². The summed E-state index contributed by atoms with van der Waals surface area (Å²) in [7, 11) is 0. The second-order valence-corrected chi connectivity index (χ2v) is 11.8. The fourth-order valence-electron chi connectivity index (χ4n) is 8.56. The number of cyclic esters (lactones) is 1. The molecule has 0 amide bonds. The number of furan rings is 1. The topological polar surface area (TPSA) is 86.1 Å². The van der Waals surface area contributed by atoms with E-state index in [9.17, 15) is 14.4 Å². The SMILES string of the molecule is CC1(C)C(=O)C=C[C@]2(C)[C@@H]1CC(=O)[C@]1(C)[C@@H]2CC[C@@]2(C)[C@H](c3ccoc3)OC(=O)[C@H]3O[C@@]321. The van der Waals surface area contributed by atoms with E-state index in [4.69, 9.17) is 13.9 Å². The molecule has 0 bridgehead atoms. The first kappa shape index (κ1) is 20.4. The monoisotopic (exact) mass is 438 g/mol. The molecule has 5 aliphatic rings. The van der Waals surface area contributed by atoms with Crippen LogP contribution in [-0.4, -0.2) is 29.2 Å². The number of allylic oxidation sites excluding steroid dienone is 2. The van der Waals surface area contributed by atoms with Gasteiger partial charge in [0.1, 0.15) is 17.5 Å². The van der Waals surface area contributed by atoms with Gasteiger partial charge in [-0.05, 0) is 49.2 Å². The third-order valence-electron chi connectivity index (χ3n) is 10.3. The molecule has 1 aromatic heterocycles. The van der Waals surface area contributed by atoms with Crippen molar-refractivity contribution in [2.45, 2.75) is 71.7 Å². The van der Waals surface area contributed by atoms with Crippen LogP contribution in [-0.2, 0) is 23.9 Å². The molecule has 0 N–H and O–H groups in total. The Morgan fingerprint density at radius 2 is 1.75 bits per heavy atom. The Labute approximate surface area is 187 Å². The number of ketones is 2. The van der Waals surface area contributed by atoms with Crippen LogP contribution in [0.3, 0.4) is 0 Å². The van der Waals surface area contributed by atoms with Crippen LogP contribution in [0.25, 0.3) is 0 Å². The predicted molar refractivity (Wildman–Crippen MR) is 113 cm³/mol. The number of hydrogen-bond acceptors (Lipinski definition) is 6. The van der Waals surface area contributed by atoms with E-state index in [0.29, 0.717) is 6.42 Å². The Bertz CT molecular complexity index is 1080. The molecule has 8 atom stereocenters. The number of rotatable bonds is 1.